The Morgan fingerprint density at radius 2 is 1.10 bits per heavy atom. The minimum absolute atomic E-state index is 0.00878. The van der Waals surface area contributed by atoms with Crippen LogP contribution in [-0.2, 0) is 28.6 Å². The van der Waals surface area contributed by atoms with Gasteiger partial charge < -0.3 is 14.2 Å². The van der Waals surface area contributed by atoms with Gasteiger partial charge in [-0.1, -0.05) is 70.4 Å². The first-order chi connectivity index (χ1) is 15.0. The molecule has 0 aromatic rings. The predicted molar refractivity (Wildman–Crippen MR) is 120 cm³/mol. The highest BCUT2D eigenvalue weighted by atomic mass is 16.5. The van der Waals surface area contributed by atoms with Crippen molar-refractivity contribution < 1.29 is 28.6 Å². The van der Waals surface area contributed by atoms with Crippen molar-refractivity contribution in [2.75, 3.05) is 21.3 Å². The lowest BCUT2D eigenvalue weighted by molar-refractivity contribution is -0.162. The summed E-state index contributed by atoms with van der Waals surface area (Å²) in [6, 6.07) is 0. The Balaban J connectivity index is 2.74. The summed E-state index contributed by atoms with van der Waals surface area (Å²) in [6.45, 7) is 2.19. The second kappa shape index (κ2) is 15.9. The molecule has 0 unspecified atom stereocenters. The smallest absolute Gasteiger partial charge is 0.310 e. The molecule has 31 heavy (non-hydrogen) atoms. The van der Waals surface area contributed by atoms with Crippen molar-refractivity contribution in [3.8, 4) is 0 Å². The van der Waals surface area contributed by atoms with E-state index in [2.05, 4.69) is 23.8 Å². The van der Waals surface area contributed by atoms with E-state index in [9.17, 15) is 14.4 Å². The van der Waals surface area contributed by atoms with E-state index in [1.165, 1.54) is 40.6 Å². The van der Waals surface area contributed by atoms with Crippen molar-refractivity contribution in [1.82, 2.24) is 0 Å². The molecule has 0 radical (unpaired) electrons. The molecule has 1 rings (SSSR count). The van der Waals surface area contributed by atoms with Gasteiger partial charge in [0.1, 0.15) is 0 Å². The topological polar surface area (TPSA) is 78.9 Å². The van der Waals surface area contributed by atoms with E-state index in [0.717, 1.165) is 51.4 Å². The van der Waals surface area contributed by atoms with Gasteiger partial charge in [0.2, 0.25) is 0 Å². The minimum atomic E-state index is -0.502. The monoisotopic (exact) mass is 438 g/mol. The van der Waals surface area contributed by atoms with Crippen LogP contribution in [0.4, 0.5) is 0 Å². The van der Waals surface area contributed by atoms with Crippen LogP contribution >= 0.6 is 0 Å². The Labute approximate surface area is 188 Å². The van der Waals surface area contributed by atoms with Crippen LogP contribution in [0.3, 0.4) is 0 Å². The highest BCUT2D eigenvalue weighted by Gasteiger charge is 2.45. The molecule has 178 valence electrons. The number of rotatable bonds is 15. The lowest BCUT2D eigenvalue weighted by Crippen LogP contribution is -2.42. The van der Waals surface area contributed by atoms with Gasteiger partial charge in [0.25, 0.3) is 0 Å². The van der Waals surface area contributed by atoms with Crippen LogP contribution in [0.2, 0.25) is 0 Å². The second-order valence-corrected chi connectivity index (χ2v) is 8.54. The lowest BCUT2D eigenvalue weighted by Gasteiger charge is -2.36. The maximum Gasteiger partial charge on any atom is 0.310 e. The number of hydrogen-bond acceptors (Lipinski definition) is 6. The minimum Gasteiger partial charge on any atom is -0.469 e. The zero-order chi connectivity index (χ0) is 23.1. The molecule has 0 spiro atoms. The first-order valence-electron chi connectivity index (χ1n) is 11.9. The Morgan fingerprint density at radius 1 is 0.645 bits per heavy atom. The zero-order valence-corrected chi connectivity index (χ0v) is 19.9. The number of unbranched alkanes of at least 4 members (excludes halogenated alkanes) is 7. The summed E-state index contributed by atoms with van der Waals surface area (Å²) in [6.07, 6.45) is 15.8. The number of allylic oxidation sites excluding steroid dienone is 2. The van der Waals surface area contributed by atoms with Crippen LogP contribution in [-0.4, -0.2) is 39.2 Å². The first-order valence-corrected chi connectivity index (χ1v) is 11.9. The molecule has 0 saturated carbocycles. The number of carbonyl (C=O) groups excluding carboxylic acids is 3. The third-order valence-corrected chi connectivity index (χ3v) is 6.40. The number of esters is 3. The van der Waals surface area contributed by atoms with Crippen molar-refractivity contribution in [1.29, 1.82) is 0 Å². The number of ether oxygens (including phenoxy) is 3. The van der Waals surface area contributed by atoms with Gasteiger partial charge in [-0.25, -0.2) is 0 Å². The standard InChI is InChI=1S/C25H42O6/c1-5-6-7-8-11-14-19-17-18-20(15-12-9-10-13-16-21(26)29-2)23(25(28)31-4)22(19)24(27)30-3/h17-20,22-23H,5-16H2,1-4H3/t19-,20+,22-,23-/m1/s1. The van der Waals surface area contributed by atoms with Crippen LogP contribution in [0, 0.1) is 23.7 Å². The normalized spacial score (nSPS) is 22.7. The van der Waals surface area contributed by atoms with Gasteiger partial charge in [0.05, 0.1) is 33.2 Å². The first kappa shape index (κ1) is 27.2. The highest BCUT2D eigenvalue weighted by molar-refractivity contribution is 5.83. The van der Waals surface area contributed by atoms with Gasteiger partial charge in [0.15, 0.2) is 0 Å². The number of carbonyl (C=O) groups is 3. The summed E-state index contributed by atoms with van der Waals surface area (Å²) in [5, 5.41) is 0. The predicted octanol–water partition coefficient (Wildman–Crippen LogP) is 5.24. The van der Waals surface area contributed by atoms with Crippen molar-refractivity contribution in [3.63, 3.8) is 0 Å². The van der Waals surface area contributed by atoms with Crippen molar-refractivity contribution >= 4 is 17.9 Å². The summed E-state index contributed by atoms with van der Waals surface area (Å²) >= 11 is 0. The molecule has 6 nitrogen and oxygen atoms in total. The molecule has 1 aliphatic carbocycles. The Kier molecular flexibility index (Phi) is 13.9. The average molecular weight is 439 g/mol. The Bertz CT molecular complexity index is 570. The summed E-state index contributed by atoms with van der Waals surface area (Å²) in [7, 11) is 4.18. The third kappa shape index (κ3) is 9.44. The lowest BCUT2D eigenvalue weighted by atomic mass is 9.67. The van der Waals surface area contributed by atoms with Crippen LogP contribution < -0.4 is 0 Å². The fourth-order valence-electron chi connectivity index (χ4n) is 4.61. The van der Waals surface area contributed by atoms with E-state index in [4.69, 9.17) is 9.47 Å². The molecule has 1 aliphatic rings. The molecule has 0 amide bonds. The molecule has 0 heterocycles. The largest absolute Gasteiger partial charge is 0.469 e. The van der Waals surface area contributed by atoms with E-state index in [0.29, 0.717) is 6.42 Å². The Morgan fingerprint density at radius 3 is 1.52 bits per heavy atom. The third-order valence-electron chi connectivity index (χ3n) is 6.40. The van der Waals surface area contributed by atoms with Crippen molar-refractivity contribution in [2.45, 2.75) is 84.0 Å². The van der Waals surface area contributed by atoms with Gasteiger partial charge in [-0.3, -0.25) is 14.4 Å². The fourth-order valence-corrected chi connectivity index (χ4v) is 4.61. The molecular formula is C25H42O6. The van der Waals surface area contributed by atoms with Gasteiger partial charge in [0, 0.05) is 6.42 Å². The van der Waals surface area contributed by atoms with Gasteiger partial charge in [-0.05, 0) is 31.1 Å². The molecule has 4 atom stereocenters. The molecule has 6 heteroatoms. The fraction of sp³-hybridized carbons (Fsp3) is 0.800. The van der Waals surface area contributed by atoms with Crippen LogP contribution in [0.15, 0.2) is 12.2 Å². The van der Waals surface area contributed by atoms with Crippen molar-refractivity contribution in [2.24, 2.45) is 23.7 Å². The number of hydrogen-bond donors (Lipinski definition) is 0. The number of methoxy groups -OCH3 is 3. The molecule has 0 saturated heterocycles. The molecule has 0 aromatic carbocycles. The average Bonchev–Trinajstić information content (AvgIpc) is 2.79. The molecule has 0 aliphatic heterocycles. The maximum absolute atomic E-state index is 12.7. The van der Waals surface area contributed by atoms with Crippen LogP contribution in [0.1, 0.15) is 84.0 Å². The summed E-state index contributed by atoms with van der Waals surface area (Å²) in [5.41, 5.74) is 0. The van der Waals surface area contributed by atoms with Crippen molar-refractivity contribution in [3.05, 3.63) is 12.2 Å². The zero-order valence-electron chi connectivity index (χ0n) is 19.9. The molecule has 0 N–H and O–H groups in total. The van der Waals surface area contributed by atoms with Crippen LogP contribution in [0.25, 0.3) is 0 Å². The molecular weight excluding hydrogens is 396 g/mol. The highest BCUT2D eigenvalue weighted by Crippen LogP contribution is 2.40. The quantitative estimate of drug-likeness (QED) is 0.151. The summed E-state index contributed by atoms with van der Waals surface area (Å²) in [5.74, 6) is -1.84. The van der Waals surface area contributed by atoms with E-state index in [1.54, 1.807) is 0 Å². The summed E-state index contributed by atoms with van der Waals surface area (Å²) in [4.78, 5) is 36.6. The van der Waals surface area contributed by atoms with E-state index >= 15 is 0 Å². The van der Waals surface area contributed by atoms with E-state index in [1.807, 2.05) is 0 Å². The van der Waals surface area contributed by atoms with Gasteiger partial charge in [-0.15, -0.1) is 0 Å². The molecule has 0 bridgehead atoms. The second-order valence-electron chi connectivity index (χ2n) is 8.54. The van der Waals surface area contributed by atoms with Gasteiger partial charge >= 0.3 is 17.9 Å². The van der Waals surface area contributed by atoms with E-state index < -0.39 is 11.8 Å². The molecule has 0 aromatic heterocycles. The Hall–Kier alpha value is -1.85. The molecule has 0 fully saturated rings. The summed E-state index contributed by atoms with van der Waals surface area (Å²) < 4.78 is 14.9. The van der Waals surface area contributed by atoms with E-state index in [-0.39, 0.29) is 29.7 Å². The van der Waals surface area contributed by atoms with Crippen LogP contribution in [0.5, 0.6) is 0 Å². The van der Waals surface area contributed by atoms with Gasteiger partial charge in [-0.2, -0.15) is 0 Å². The SMILES string of the molecule is CCCCCCC[C@@H]1C=C[C@H](CCCCCCC(=O)OC)[C@@H](C(=O)OC)[C@@H]1C(=O)OC. The maximum atomic E-state index is 12.7.